The molecule has 1 amide bonds. The summed E-state index contributed by atoms with van der Waals surface area (Å²) in [5, 5.41) is 7.68. The van der Waals surface area contributed by atoms with Crippen LogP contribution in [0.1, 0.15) is 15.9 Å². The molecule has 0 spiro atoms. The van der Waals surface area contributed by atoms with E-state index in [0.29, 0.717) is 5.56 Å². The molecule has 0 saturated carbocycles. The number of anilines is 1. The molecular formula is C15H16N2O5S2. The van der Waals surface area contributed by atoms with Gasteiger partial charge in [-0.1, -0.05) is 6.07 Å². The number of nitrogens with one attached hydrogen (secondary N) is 1. The number of carbonyl (C=O) groups is 1. The fourth-order valence-corrected chi connectivity index (χ4v) is 3.48. The molecule has 0 aromatic heterocycles. The van der Waals surface area contributed by atoms with E-state index in [0.717, 1.165) is 6.26 Å². The van der Waals surface area contributed by atoms with E-state index in [1.54, 1.807) is 13.0 Å². The van der Waals surface area contributed by atoms with Crippen LogP contribution in [0.3, 0.4) is 0 Å². The molecule has 0 saturated heterocycles. The van der Waals surface area contributed by atoms with Crippen molar-refractivity contribution in [1.82, 2.24) is 0 Å². The maximum absolute atomic E-state index is 12.2. The van der Waals surface area contributed by atoms with E-state index in [-0.39, 0.29) is 21.0 Å². The van der Waals surface area contributed by atoms with Crippen molar-refractivity contribution in [3.8, 4) is 0 Å². The van der Waals surface area contributed by atoms with Gasteiger partial charge in [-0.2, -0.15) is 0 Å². The SMILES string of the molecule is Cc1ccc(NC(=O)c2ccc(S(C)(=O)=O)cc2)cc1S(N)(=O)=O. The van der Waals surface area contributed by atoms with Crippen LogP contribution in [0.5, 0.6) is 0 Å². The van der Waals surface area contributed by atoms with Crippen molar-refractivity contribution in [2.24, 2.45) is 5.14 Å². The Morgan fingerprint density at radius 3 is 2.08 bits per heavy atom. The zero-order chi connectivity index (χ0) is 18.1. The van der Waals surface area contributed by atoms with Crippen molar-refractivity contribution >= 4 is 31.5 Å². The number of nitrogens with two attached hydrogens (primary N) is 1. The molecule has 128 valence electrons. The van der Waals surface area contributed by atoms with E-state index < -0.39 is 25.8 Å². The van der Waals surface area contributed by atoms with Gasteiger partial charge in [-0.05, 0) is 48.9 Å². The van der Waals surface area contributed by atoms with Gasteiger partial charge in [0.2, 0.25) is 10.0 Å². The molecule has 0 radical (unpaired) electrons. The molecule has 0 fully saturated rings. The summed E-state index contributed by atoms with van der Waals surface area (Å²) in [5.41, 5.74) is 0.968. The van der Waals surface area contributed by atoms with Gasteiger partial charge in [0.15, 0.2) is 9.84 Å². The largest absolute Gasteiger partial charge is 0.322 e. The van der Waals surface area contributed by atoms with E-state index in [1.165, 1.54) is 36.4 Å². The van der Waals surface area contributed by atoms with Crippen LogP contribution in [0.15, 0.2) is 52.3 Å². The summed E-state index contributed by atoms with van der Waals surface area (Å²) >= 11 is 0. The lowest BCUT2D eigenvalue weighted by molar-refractivity contribution is 0.102. The molecule has 0 aliphatic rings. The first kappa shape index (κ1) is 18.1. The van der Waals surface area contributed by atoms with E-state index >= 15 is 0 Å². The summed E-state index contributed by atoms with van der Waals surface area (Å²) in [4.78, 5) is 12.2. The summed E-state index contributed by atoms with van der Waals surface area (Å²) in [6, 6.07) is 9.76. The van der Waals surface area contributed by atoms with Crippen LogP contribution in [0, 0.1) is 6.92 Å². The van der Waals surface area contributed by atoms with Crippen LogP contribution in [-0.2, 0) is 19.9 Å². The average molecular weight is 368 g/mol. The second kappa shape index (κ2) is 6.34. The molecule has 0 aliphatic carbocycles. The number of benzene rings is 2. The van der Waals surface area contributed by atoms with Gasteiger partial charge in [-0.15, -0.1) is 0 Å². The Hall–Kier alpha value is -2.23. The fraction of sp³-hybridized carbons (Fsp3) is 0.133. The number of sulfonamides is 1. The Labute approximate surface area is 140 Å². The molecule has 0 bridgehead atoms. The molecule has 2 aromatic carbocycles. The third-order valence-electron chi connectivity index (χ3n) is 3.30. The number of rotatable bonds is 4. The number of hydrogen-bond acceptors (Lipinski definition) is 5. The molecule has 0 atom stereocenters. The molecule has 2 aromatic rings. The van der Waals surface area contributed by atoms with E-state index in [1.807, 2.05) is 0 Å². The van der Waals surface area contributed by atoms with Gasteiger partial charge in [0, 0.05) is 17.5 Å². The Morgan fingerprint density at radius 2 is 1.58 bits per heavy atom. The van der Waals surface area contributed by atoms with Crippen molar-refractivity contribution in [1.29, 1.82) is 0 Å². The third kappa shape index (κ3) is 4.19. The number of primary sulfonamides is 1. The highest BCUT2D eigenvalue weighted by atomic mass is 32.2. The maximum atomic E-state index is 12.2. The minimum atomic E-state index is -3.90. The third-order valence-corrected chi connectivity index (χ3v) is 5.48. The normalized spacial score (nSPS) is 12.0. The van der Waals surface area contributed by atoms with Gasteiger partial charge in [-0.25, -0.2) is 22.0 Å². The second-order valence-electron chi connectivity index (χ2n) is 5.28. The summed E-state index contributed by atoms with van der Waals surface area (Å²) in [6.45, 7) is 1.59. The average Bonchev–Trinajstić information content (AvgIpc) is 2.47. The predicted molar refractivity (Wildman–Crippen MR) is 90.1 cm³/mol. The van der Waals surface area contributed by atoms with Crippen LogP contribution in [0.2, 0.25) is 0 Å². The Morgan fingerprint density at radius 1 is 1.00 bits per heavy atom. The van der Waals surface area contributed by atoms with Gasteiger partial charge in [0.25, 0.3) is 5.91 Å². The summed E-state index contributed by atoms with van der Waals surface area (Å²) < 4.78 is 45.8. The minimum Gasteiger partial charge on any atom is -0.322 e. The lowest BCUT2D eigenvalue weighted by atomic mass is 10.2. The van der Waals surface area contributed by atoms with E-state index in [9.17, 15) is 21.6 Å². The number of hydrogen-bond donors (Lipinski definition) is 2. The van der Waals surface area contributed by atoms with Gasteiger partial charge in [-0.3, -0.25) is 4.79 Å². The molecular weight excluding hydrogens is 352 g/mol. The zero-order valence-corrected chi connectivity index (χ0v) is 14.6. The van der Waals surface area contributed by atoms with Crippen LogP contribution in [-0.4, -0.2) is 29.0 Å². The highest BCUT2D eigenvalue weighted by Crippen LogP contribution is 2.20. The Bertz CT molecular complexity index is 995. The van der Waals surface area contributed by atoms with E-state index in [2.05, 4.69) is 5.32 Å². The topological polar surface area (TPSA) is 123 Å². The summed E-state index contributed by atoms with van der Waals surface area (Å²) in [5.74, 6) is -0.501. The van der Waals surface area contributed by atoms with Crippen molar-refractivity contribution in [3.05, 3.63) is 53.6 Å². The molecule has 3 N–H and O–H groups in total. The standard InChI is InChI=1S/C15H16N2O5S2/c1-10-3-6-12(9-14(10)24(16,21)22)17-15(18)11-4-7-13(8-5-11)23(2,19)20/h3-9H,1-2H3,(H,17,18)(H2,16,21,22). The lowest BCUT2D eigenvalue weighted by Crippen LogP contribution is -2.16. The zero-order valence-electron chi connectivity index (χ0n) is 13.0. The Balaban J connectivity index is 2.27. The number of amides is 1. The highest BCUT2D eigenvalue weighted by Gasteiger charge is 2.14. The van der Waals surface area contributed by atoms with Crippen LogP contribution in [0.4, 0.5) is 5.69 Å². The smallest absolute Gasteiger partial charge is 0.255 e. The van der Waals surface area contributed by atoms with Gasteiger partial charge in [0.1, 0.15) is 0 Å². The van der Waals surface area contributed by atoms with Crippen molar-refractivity contribution in [3.63, 3.8) is 0 Å². The maximum Gasteiger partial charge on any atom is 0.255 e. The summed E-state index contributed by atoms with van der Waals surface area (Å²) in [6.07, 6.45) is 1.07. The molecule has 0 unspecified atom stereocenters. The van der Waals surface area contributed by atoms with Crippen LogP contribution < -0.4 is 10.5 Å². The van der Waals surface area contributed by atoms with Gasteiger partial charge in [0.05, 0.1) is 9.79 Å². The first-order chi connectivity index (χ1) is 11.0. The quantitative estimate of drug-likeness (QED) is 0.842. The van der Waals surface area contributed by atoms with Gasteiger partial charge >= 0.3 is 0 Å². The Kier molecular flexibility index (Phi) is 4.79. The monoisotopic (exact) mass is 368 g/mol. The number of sulfone groups is 1. The first-order valence-electron chi connectivity index (χ1n) is 6.73. The van der Waals surface area contributed by atoms with Crippen molar-refractivity contribution < 1.29 is 21.6 Å². The second-order valence-corrected chi connectivity index (χ2v) is 8.82. The molecule has 9 heteroatoms. The lowest BCUT2D eigenvalue weighted by Gasteiger charge is -2.09. The number of aryl methyl sites for hydroxylation is 1. The minimum absolute atomic E-state index is 0.0762. The molecule has 0 heterocycles. The fourth-order valence-electron chi connectivity index (χ4n) is 2.04. The van der Waals surface area contributed by atoms with Crippen molar-refractivity contribution in [2.75, 3.05) is 11.6 Å². The van der Waals surface area contributed by atoms with Crippen LogP contribution in [0.25, 0.3) is 0 Å². The summed E-state index contributed by atoms with van der Waals surface area (Å²) in [7, 11) is -7.24. The molecule has 24 heavy (non-hydrogen) atoms. The number of carbonyl (C=O) groups excluding carboxylic acids is 1. The van der Waals surface area contributed by atoms with E-state index in [4.69, 9.17) is 5.14 Å². The predicted octanol–water partition coefficient (Wildman–Crippen LogP) is 1.30. The molecule has 2 rings (SSSR count). The molecule has 0 aliphatic heterocycles. The highest BCUT2D eigenvalue weighted by molar-refractivity contribution is 7.90. The molecule has 7 nitrogen and oxygen atoms in total. The van der Waals surface area contributed by atoms with Gasteiger partial charge < -0.3 is 5.32 Å². The van der Waals surface area contributed by atoms with Crippen LogP contribution >= 0.6 is 0 Å². The first-order valence-corrected chi connectivity index (χ1v) is 10.2. The van der Waals surface area contributed by atoms with Crippen molar-refractivity contribution in [2.45, 2.75) is 16.7 Å².